The summed E-state index contributed by atoms with van der Waals surface area (Å²) in [7, 11) is -2.28. The number of fused-ring (bicyclic) bond motifs is 1. The molecule has 12 nitrogen and oxygen atoms in total. The molecule has 0 spiro atoms. The van der Waals surface area contributed by atoms with Gasteiger partial charge in [-0.15, -0.1) is 0 Å². The van der Waals surface area contributed by atoms with Gasteiger partial charge in [0.05, 0.1) is 23.0 Å². The lowest BCUT2D eigenvalue weighted by Gasteiger charge is -2.51. The number of benzene rings is 2. The summed E-state index contributed by atoms with van der Waals surface area (Å²) in [5.41, 5.74) is 1.25. The zero-order valence-corrected chi connectivity index (χ0v) is 29.4. The average Bonchev–Trinajstić information content (AvgIpc) is 3.82. The molecule has 0 unspecified atom stereocenters. The zero-order chi connectivity index (χ0) is 35.0. The highest BCUT2D eigenvalue weighted by Gasteiger charge is 2.52. The predicted octanol–water partition coefficient (Wildman–Crippen LogP) is 5.12. The van der Waals surface area contributed by atoms with Gasteiger partial charge in [-0.3, -0.25) is 0 Å². The fraction of sp³-hybridized carbons (Fsp3) is 0.528. The number of carbonyl (C=O) groups is 1. The number of hydrogen-bond donors (Lipinski definition) is 3. The molecule has 4 heterocycles. The molecule has 1 amide bonds. The second-order valence-corrected chi connectivity index (χ2v) is 16.2. The summed E-state index contributed by atoms with van der Waals surface area (Å²) in [4.78, 5) is 36.5. The van der Waals surface area contributed by atoms with Crippen molar-refractivity contribution in [3.63, 3.8) is 0 Å². The molecule has 0 bridgehead atoms. The summed E-state index contributed by atoms with van der Waals surface area (Å²) < 4.78 is 50.5. The van der Waals surface area contributed by atoms with E-state index in [1.54, 1.807) is 18.2 Å². The summed E-state index contributed by atoms with van der Waals surface area (Å²) in [5, 5.41) is 3.14. The number of alkyl carbamates (subject to hydrolysis) is 1. The molecule has 4 aromatic rings. The lowest BCUT2D eigenvalue weighted by molar-refractivity contribution is 0.0482. The maximum Gasteiger partial charge on any atom is 0.407 e. The average molecular weight is 714 g/mol. The van der Waals surface area contributed by atoms with Gasteiger partial charge in [0.1, 0.15) is 11.6 Å². The van der Waals surface area contributed by atoms with Crippen LogP contribution in [0.25, 0.3) is 11.0 Å². The maximum atomic E-state index is 15.1. The van der Waals surface area contributed by atoms with Gasteiger partial charge in [-0.25, -0.2) is 27.4 Å². The molecule has 1 aliphatic carbocycles. The predicted molar refractivity (Wildman–Crippen MR) is 193 cm³/mol. The Morgan fingerprint density at radius 2 is 1.88 bits per heavy atom. The molecule has 3 atom stereocenters. The number of H-pyrrole nitrogens is 2. The van der Waals surface area contributed by atoms with E-state index in [1.165, 1.54) is 29.6 Å². The van der Waals surface area contributed by atoms with Crippen LogP contribution in [-0.2, 0) is 26.7 Å². The largest absolute Gasteiger partial charge is 0.453 e. The standard InChI is InChI=1S/C36H46FN7O5S.3H2/c1-24-38-14-18-43(24)17-13-36(27-5-3-6-28(37)19-27,30-7-4-8-31(30)41-35(46)49-2)26-11-15-42(16-12-26)21-25-22-44(23-25)50(47,48)29-9-10-32-33(20-29)40-34(45)39-32;;;/h3,5-6,9-10,14,18-20,25-26,30-31H,4,7-8,11-13,15-17,21-23H2,1-2H3,(H,41,46)(H2,39,40,45);3*1H/t30-,31-,36-;;;/m0.../s1. The molecular weight excluding hydrogens is 662 g/mol. The number of aromatic nitrogens is 4. The quantitative estimate of drug-likeness (QED) is 0.196. The summed E-state index contributed by atoms with van der Waals surface area (Å²) in [6, 6.07) is 11.6. The highest BCUT2D eigenvalue weighted by atomic mass is 32.2. The van der Waals surface area contributed by atoms with E-state index in [2.05, 4.69) is 35.8 Å². The molecule has 2 aromatic carbocycles. The minimum atomic E-state index is -3.67. The molecule has 3 fully saturated rings. The topological polar surface area (TPSA) is 145 Å². The molecule has 2 saturated heterocycles. The molecule has 0 radical (unpaired) electrons. The number of rotatable bonds is 11. The van der Waals surface area contributed by atoms with E-state index in [-0.39, 0.29) is 44.5 Å². The van der Waals surface area contributed by atoms with Crippen molar-refractivity contribution in [1.82, 2.24) is 34.0 Å². The first-order valence-corrected chi connectivity index (χ1v) is 19.0. The Labute approximate surface area is 295 Å². The number of carbonyl (C=O) groups excluding carboxylic acids is 1. The maximum absolute atomic E-state index is 15.1. The zero-order valence-electron chi connectivity index (χ0n) is 28.6. The van der Waals surface area contributed by atoms with Crippen molar-refractivity contribution in [3.05, 3.63) is 82.5 Å². The third kappa shape index (κ3) is 6.60. The van der Waals surface area contributed by atoms with Gasteiger partial charge in [0, 0.05) is 54.3 Å². The number of likely N-dealkylation sites (tertiary alicyclic amines) is 1. The Bertz CT molecular complexity index is 2010. The Morgan fingerprint density at radius 1 is 1.10 bits per heavy atom. The Morgan fingerprint density at radius 3 is 2.60 bits per heavy atom. The van der Waals surface area contributed by atoms with Crippen LogP contribution in [0, 0.1) is 30.5 Å². The first-order valence-electron chi connectivity index (χ1n) is 17.6. The third-order valence-electron chi connectivity index (χ3n) is 11.6. The minimum Gasteiger partial charge on any atom is -0.453 e. The summed E-state index contributed by atoms with van der Waals surface area (Å²) in [6.07, 6.45) is 8.70. The SMILES string of the molecule is COC(=O)N[C@H]1CCC[C@@H]1[C@](CCn1ccnc1C)(c1cccc(F)c1)C1CCN(CC2CN(S(=O)(=O)c3ccc4[nH]c(=O)[nH]c4c3)C2)CC1.[HH].[HH].[HH]. The molecule has 3 N–H and O–H groups in total. The van der Waals surface area contributed by atoms with Crippen LogP contribution in [0.4, 0.5) is 9.18 Å². The number of sulfonamides is 1. The van der Waals surface area contributed by atoms with Gasteiger partial charge >= 0.3 is 11.8 Å². The summed E-state index contributed by atoms with van der Waals surface area (Å²) in [6.45, 7) is 6.14. The molecule has 274 valence electrons. The van der Waals surface area contributed by atoms with Crippen LogP contribution in [0.5, 0.6) is 0 Å². The van der Waals surface area contributed by atoms with Gasteiger partial charge in [0.15, 0.2) is 0 Å². The van der Waals surface area contributed by atoms with Crippen molar-refractivity contribution in [2.75, 3.05) is 39.8 Å². The van der Waals surface area contributed by atoms with Crippen molar-refractivity contribution in [2.45, 2.75) is 68.3 Å². The van der Waals surface area contributed by atoms with Gasteiger partial charge in [-0.1, -0.05) is 18.6 Å². The van der Waals surface area contributed by atoms with Gasteiger partial charge in [-0.05, 0) is 106 Å². The number of aryl methyl sites for hydroxylation is 2. The van der Waals surface area contributed by atoms with E-state index < -0.39 is 21.5 Å². The molecule has 2 aliphatic heterocycles. The normalized spacial score (nSPS) is 22.4. The molecular formula is C36H52FN7O5S. The lowest BCUT2D eigenvalue weighted by atomic mass is 9.56. The number of nitrogens with one attached hydrogen (secondary N) is 3. The number of hydrogen-bond acceptors (Lipinski definition) is 7. The molecule has 50 heavy (non-hydrogen) atoms. The lowest BCUT2D eigenvalue weighted by Crippen LogP contribution is -2.56. The van der Waals surface area contributed by atoms with E-state index in [0.29, 0.717) is 24.1 Å². The fourth-order valence-corrected chi connectivity index (χ4v) is 10.7. The van der Waals surface area contributed by atoms with Crippen LogP contribution in [0.3, 0.4) is 0 Å². The van der Waals surface area contributed by atoms with Crippen LogP contribution in [0.1, 0.15) is 54.2 Å². The van der Waals surface area contributed by atoms with E-state index in [4.69, 9.17) is 4.74 Å². The van der Waals surface area contributed by atoms with E-state index >= 15 is 4.39 Å². The third-order valence-corrected chi connectivity index (χ3v) is 13.4. The first kappa shape index (κ1) is 34.4. The Balaban J connectivity index is 0.00000209. The van der Waals surface area contributed by atoms with Crippen molar-refractivity contribution >= 4 is 27.1 Å². The van der Waals surface area contributed by atoms with Crippen molar-refractivity contribution in [2.24, 2.45) is 17.8 Å². The number of ether oxygens (including phenoxy) is 1. The van der Waals surface area contributed by atoms with Gasteiger partial charge in [-0.2, -0.15) is 4.31 Å². The van der Waals surface area contributed by atoms with Gasteiger partial charge < -0.3 is 29.5 Å². The number of imidazole rings is 2. The fourth-order valence-electron chi connectivity index (χ4n) is 9.12. The van der Waals surface area contributed by atoms with Crippen molar-refractivity contribution < 1.29 is 26.6 Å². The van der Waals surface area contributed by atoms with Gasteiger partial charge in [0.25, 0.3) is 0 Å². The molecule has 3 aliphatic rings. The Hall–Kier alpha value is -4.01. The smallest absolute Gasteiger partial charge is 0.407 e. The number of amides is 1. The number of aromatic amines is 2. The first-order chi connectivity index (χ1) is 24.1. The highest BCUT2D eigenvalue weighted by Crippen LogP contribution is 2.53. The van der Waals surface area contributed by atoms with Crippen LogP contribution in [0.2, 0.25) is 0 Å². The Kier molecular flexibility index (Phi) is 9.61. The number of methoxy groups -OCH3 is 1. The second-order valence-electron chi connectivity index (χ2n) is 14.3. The number of piperidine rings is 1. The van der Waals surface area contributed by atoms with Gasteiger partial charge in [0.2, 0.25) is 10.0 Å². The van der Waals surface area contributed by atoms with E-state index in [0.717, 1.165) is 76.1 Å². The van der Waals surface area contributed by atoms with E-state index in [9.17, 15) is 18.0 Å². The highest BCUT2D eigenvalue weighted by molar-refractivity contribution is 7.89. The van der Waals surface area contributed by atoms with Crippen LogP contribution in [-0.4, -0.2) is 89.1 Å². The molecule has 14 heteroatoms. The summed E-state index contributed by atoms with van der Waals surface area (Å²) in [5.74, 6) is 1.22. The van der Waals surface area contributed by atoms with Crippen molar-refractivity contribution in [3.8, 4) is 0 Å². The van der Waals surface area contributed by atoms with Crippen molar-refractivity contribution in [1.29, 1.82) is 0 Å². The number of nitrogens with zero attached hydrogens (tertiary/aromatic N) is 4. The molecule has 2 aromatic heterocycles. The monoisotopic (exact) mass is 713 g/mol. The molecule has 7 rings (SSSR count). The number of halogens is 1. The molecule has 1 saturated carbocycles. The van der Waals surface area contributed by atoms with Crippen LogP contribution < -0.4 is 11.0 Å². The summed E-state index contributed by atoms with van der Waals surface area (Å²) >= 11 is 0. The van der Waals surface area contributed by atoms with Crippen LogP contribution in [0.15, 0.2) is 64.5 Å². The van der Waals surface area contributed by atoms with Crippen LogP contribution >= 0.6 is 0 Å². The minimum absolute atomic E-state index is 0. The van der Waals surface area contributed by atoms with E-state index in [1.807, 2.05) is 19.3 Å². The second kappa shape index (κ2) is 14.0.